The second kappa shape index (κ2) is 8.20. The summed E-state index contributed by atoms with van der Waals surface area (Å²) < 4.78 is 11.1. The molecule has 5 heteroatoms. The van der Waals surface area contributed by atoms with Crippen molar-refractivity contribution in [1.29, 1.82) is 0 Å². The van der Waals surface area contributed by atoms with Crippen molar-refractivity contribution in [2.75, 3.05) is 19.8 Å². The molecular formula is C14H23BO4. The number of benzene rings is 1. The Bertz CT molecular complexity index is 380. The van der Waals surface area contributed by atoms with E-state index in [1.807, 2.05) is 6.92 Å². The van der Waals surface area contributed by atoms with Crippen molar-refractivity contribution >= 4 is 12.6 Å². The molecule has 19 heavy (non-hydrogen) atoms. The van der Waals surface area contributed by atoms with E-state index in [1.54, 1.807) is 18.2 Å². The molecular weight excluding hydrogens is 243 g/mol. The van der Waals surface area contributed by atoms with E-state index in [2.05, 4.69) is 13.8 Å². The van der Waals surface area contributed by atoms with Gasteiger partial charge in [0.25, 0.3) is 0 Å². The molecule has 2 N–H and O–H groups in total. The lowest BCUT2D eigenvalue weighted by Crippen LogP contribution is -2.29. The number of hydrogen-bond donors (Lipinski definition) is 2. The first-order valence-electron chi connectivity index (χ1n) is 6.68. The van der Waals surface area contributed by atoms with Gasteiger partial charge in [-0.25, -0.2) is 0 Å². The fourth-order valence-corrected chi connectivity index (χ4v) is 1.63. The molecule has 0 heterocycles. The third kappa shape index (κ3) is 6.10. The Morgan fingerprint density at radius 2 is 1.89 bits per heavy atom. The molecule has 0 saturated heterocycles. The SMILES string of the molecule is Cc1cc(B(O)O)ccc1OCCOCCC(C)C. The van der Waals surface area contributed by atoms with Crippen molar-refractivity contribution in [3.8, 4) is 5.75 Å². The van der Waals surface area contributed by atoms with Crippen molar-refractivity contribution in [3.05, 3.63) is 23.8 Å². The number of hydrogen-bond acceptors (Lipinski definition) is 4. The highest BCUT2D eigenvalue weighted by Gasteiger charge is 2.12. The third-order valence-corrected chi connectivity index (χ3v) is 2.82. The van der Waals surface area contributed by atoms with Gasteiger partial charge in [0, 0.05) is 6.61 Å². The van der Waals surface area contributed by atoms with Gasteiger partial charge in [-0.15, -0.1) is 0 Å². The maximum atomic E-state index is 9.05. The summed E-state index contributed by atoms with van der Waals surface area (Å²) in [4.78, 5) is 0. The van der Waals surface area contributed by atoms with E-state index in [0.717, 1.165) is 24.3 Å². The smallest absolute Gasteiger partial charge is 0.488 e. The number of ether oxygens (including phenoxy) is 2. The molecule has 0 aliphatic rings. The molecule has 4 nitrogen and oxygen atoms in total. The first-order chi connectivity index (χ1) is 9.00. The van der Waals surface area contributed by atoms with Crippen LogP contribution in [0.1, 0.15) is 25.8 Å². The lowest BCUT2D eigenvalue weighted by Gasteiger charge is -2.11. The van der Waals surface area contributed by atoms with Crippen LogP contribution in [0.5, 0.6) is 5.75 Å². The Hall–Kier alpha value is -1.04. The van der Waals surface area contributed by atoms with Gasteiger partial charge in [0.05, 0.1) is 6.61 Å². The fraction of sp³-hybridized carbons (Fsp3) is 0.571. The third-order valence-electron chi connectivity index (χ3n) is 2.82. The maximum Gasteiger partial charge on any atom is 0.488 e. The molecule has 0 radical (unpaired) electrons. The molecule has 0 aromatic heterocycles. The van der Waals surface area contributed by atoms with Crippen molar-refractivity contribution in [1.82, 2.24) is 0 Å². The molecule has 106 valence electrons. The normalized spacial score (nSPS) is 10.8. The van der Waals surface area contributed by atoms with Gasteiger partial charge in [0.15, 0.2) is 0 Å². The molecule has 0 amide bonds. The molecule has 1 rings (SSSR count). The highest BCUT2D eigenvalue weighted by Crippen LogP contribution is 2.15. The van der Waals surface area contributed by atoms with E-state index in [-0.39, 0.29) is 0 Å². The Morgan fingerprint density at radius 1 is 1.16 bits per heavy atom. The minimum atomic E-state index is -1.44. The number of aryl methyl sites for hydroxylation is 1. The molecule has 0 aliphatic carbocycles. The minimum absolute atomic E-state index is 0.470. The van der Waals surface area contributed by atoms with E-state index in [9.17, 15) is 0 Å². The quantitative estimate of drug-likeness (QED) is 0.546. The minimum Gasteiger partial charge on any atom is -0.491 e. The molecule has 0 bridgehead atoms. The summed E-state index contributed by atoms with van der Waals surface area (Å²) in [7, 11) is -1.44. The summed E-state index contributed by atoms with van der Waals surface area (Å²) in [5.74, 6) is 1.40. The van der Waals surface area contributed by atoms with Crippen LogP contribution in [0.3, 0.4) is 0 Å². The zero-order chi connectivity index (χ0) is 14.3. The summed E-state index contributed by atoms with van der Waals surface area (Å²) in [6.45, 7) is 8.04. The van der Waals surface area contributed by atoms with E-state index in [4.69, 9.17) is 19.5 Å². The zero-order valence-electron chi connectivity index (χ0n) is 11.9. The second-order valence-electron chi connectivity index (χ2n) is 5.04. The summed E-state index contributed by atoms with van der Waals surface area (Å²) >= 11 is 0. The topological polar surface area (TPSA) is 58.9 Å². The monoisotopic (exact) mass is 266 g/mol. The Labute approximate surface area is 115 Å². The van der Waals surface area contributed by atoms with E-state index >= 15 is 0 Å². The van der Waals surface area contributed by atoms with Crippen LogP contribution in [-0.4, -0.2) is 37.0 Å². The Morgan fingerprint density at radius 3 is 2.47 bits per heavy atom. The molecule has 0 spiro atoms. The molecule has 0 fully saturated rings. The van der Waals surface area contributed by atoms with Gasteiger partial charge in [0.1, 0.15) is 12.4 Å². The van der Waals surface area contributed by atoms with Crippen molar-refractivity contribution in [2.24, 2.45) is 5.92 Å². The van der Waals surface area contributed by atoms with E-state index in [1.165, 1.54) is 0 Å². The van der Waals surface area contributed by atoms with Gasteiger partial charge in [-0.2, -0.15) is 0 Å². The van der Waals surface area contributed by atoms with Gasteiger partial charge in [0.2, 0.25) is 0 Å². The molecule has 0 atom stereocenters. The summed E-state index contributed by atoms with van der Waals surface area (Å²) in [6.07, 6.45) is 1.06. The van der Waals surface area contributed by atoms with Crippen molar-refractivity contribution in [2.45, 2.75) is 27.2 Å². The van der Waals surface area contributed by atoms with Gasteiger partial charge in [-0.05, 0) is 36.4 Å². The van der Waals surface area contributed by atoms with E-state index in [0.29, 0.717) is 24.6 Å². The summed E-state index contributed by atoms with van der Waals surface area (Å²) in [5.41, 5.74) is 1.35. The molecule has 0 saturated carbocycles. The lowest BCUT2D eigenvalue weighted by molar-refractivity contribution is 0.0924. The van der Waals surface area contributed by atoms with Crippen LogP contribution in [0, 0.1) is 12.8 Å². The van der Waals surface area contributed by atoms with E-state index < -0.39 is 7.12 Å². The maximum absolute atomic E-state index is 9.05. The molecule has 1 aromatic carbocycles. The summed E-state index contributed by atoms with van der Waals surface area (Å²) in [6, 6.07) is 5.10. The predicted octanol–water partition coefficient (Wildman–Crippen LogP) is 1.12. The molecule has 0 aliphatic heterocycles. The van der Waals surface area contributed by atoms with Crippen LogP contribution in [0.15, 0.2) is 18.2 Å². The Balaban J connectivity index is 2.30. The first-order valence-corrected chi connectivity index (χ1v) is 6.68. The van der Waals surface area contributed by atoms with Crippen LogP contribution in [0.25, 0.3) is 0 Å². The average Bonchev–Trinajstić information content (AvgIpc) is 2.34. The average molecular weight is 266 g/mol. The van der Waals surface area contributed by atoms with Gasteiger partial charge in [-0.1, -0.05) is 26.0 Å². The van der Waals surface area contributed by atoms with Gasteiger partial charge in [-0.3, -0.25) is 0 Å². The lowest BCUT2D eigenvalue weighted by atomic mass is 9.79. The Kier molecular flexibility index (Phi) is 6.91. The number of rotatable bonds is 8. The molecule has 1 aromatic rings. The van der Waals surface area contributed by atoms with Crippen LogP contribution in [0.2, 0.25) is 0 Å². The fourth-order valence-electron chi connectivity index (χ4n) is 1.63. The van der Waals surface area contributed by atoms with Gasteiger partial charge >= 0.3 is 7.12 Å². The zero-order valence-corrected chi connectivity index (χ0v) is 11.9. The second-order valence-corrected chi connectivity index (χ2v) is 5.04. The summed E-state index contributed by atoms with van der Waals surface area (Å²) in [5, 5.41) is 18.1. The van der Waals surface area contributed by atoms with Crippen molar-refractivity contribution < 1.29 is 19.5 Å². The van der Waals surface area contributed by atoms with Crippen LogP contribution in [-0.2, 0) is 4.74 Å². The standard InChI is InChI=1S/C14H23BO4/c1-11(2)6-7-18-8-9-19-14-5-4-13(15(16)17)10-12(14)3/h4-5,10-11,16-17H,6-9H2,1-3H3. The first kappa shape index (κ1) is 16.0. The van der Waals surface area contributed by atoms with Crippen LogP contribution >= 0.6 is 0 Å². The largest absolute Gasteiger partial charge is 0.491 e. The van der Waals surface area contributed by atoms with Crippen LogP contribution in [0.4, 0.5) is 0 Å². The highest BCUT2D eigenvalue weighted by atomic mass is 16.5. The molecule has 0 unspecified atom stereocenters. The highest BCUT2D eigenvalue weighted by molar-refractivity contribution is 6.58. The van der Waals surface area contributed by atoms with Gasteiger partial charge < -0.3 is 19.5 Å². The van der Waals surface area contributed by atoms with Crippen LogP contribution < -0.4 is 10.2 Å². The van der Waals surface area contributed by atoms with Crippen molar-refractivity contribution in [3.63, 3.8) is 0 Å². The predicted molar refractivity (Wildman–Crippen MR) is 76.8 cm³/mol.